The van der Waals surface area contributed by atoms with Crippen LogP contribution in [-0.4, -0.2) is 41.8 Å². The number of carbonyl (C=O) groups excluding carboxylic acids is 2. The molecule has 7 heteroatoms. The molecule has 0 aliphatic carbocycles. The van der Waals surface area contributed by atoms with E-state index in [-0.39, 0.29) is 17.2 Å². The van der Waals surface area contributed by atoms with Crippen LogP contribution < -0.4 is 10.6 Å². The molecule has 2 aliphatic rings. The van der Waals surface area contributed by atoms with Gasteiger partial charge < -0.3 is 20.0 Å². The first-order chi connectivity index (χ1) is 15.9. The number of para-hydroxylation sites is 1. The van der Waals surface area contributed by atoms with Crippen molar-refractivity contribution in [1.82, 2.24) is 15.2 Å². The molecule has 33 heavy (non-hydrogen) atoms. The van der Waals surface area contributed by atoms with Gasteiger partial charge in [0.25, 0.3) is 0 Å². The number of aromatic nitrogens is 1. The number of hydrogen-bond donors (Lipinski definition) is 2. The van der Waals surface area contributed by atoms with Crippen molar-refractivity contribution in [3.05, 3.63) is 65.1 Å². The summed E-state index contributed by atoms with van der Waals surface area (Å²) in [5.74, 6) is 1.38. The Balaban J connectivity index is 1.29. The summed E-state index contributed by atoms with van der Waals surface area (Å²) in [6, 6.07) is 9.92. The molecule has 0 unspecified atom stereocenters. The van der Waals surface area contributed by atoms with Crippen molar-refractivity contribution in [3.8, 4) is 0 Å². The number of anilines is 1. The van der Waals surface area contributed by atoms with Crippen LogP contribution in [0.1, 0.15) is 35.3 Å². The lowest BCUT2D eigenvalue weighted by molar-refractivity contribution is -0.127. The van der Waals surface area contributed by atoms with Crippen LogP contribution in [0.2, 0.25) is 0 Å². The molecule has 1 aromatic carbocycles. The topological polar surface area (TPSA) is 87.5 Å². The third-order valence-electron chi connectivity index (χ3n) is 6.91. The Morgan fingerprint density at radius 2 is 2.06 bits per heavy atom. The van der Waals surface area contributed by atoms with Crippen LogP contribution >= 0.6 is 0 Å². The average molecular weight is 445 g/mol. The molecule has 0 atom stereocenters. The highest BCUT2D eigenvalue weighted by Crippen LogP contribution is 2.39. The van der Waals surface area contributed by atoms with Gasteiger partial charge in [-0.15, -0.1) is 0 Å². The van der Waals surface area contributed by atoms with Crippen LogP contribution in [-0.2, 0) is 22.6 Å². The van der Waals surface area contributed by atoms with E-state index in [0.717, 1.165) is 59.4 Å². The summed E-state index contributed by atoms with van der Waals surface area (Å²) in [6.07, 6.45) is 7.36. The first-order valence-corrected chi connectivity index (χ1v) is 11.4. The number of nitrogens with one attached hydrogen (secondary N) is 2. The van der Waals surface area contributed by atoms with E-state index in [1.54, 1.807) is 30.3 Å². The van der Waals surface area contributed by atoms with Crippen LogP contribution in [0.25, 0.3) is 17.0 Å². The van der Waals surface area contributed by atoms with Crippen molar-refractivity contribution in [2.45, 2.75) is 32.7 Å². The zero-order chi connectivity index (χ0) is 23.0. The minimum absolute atomic E-state index is 0.0741. The number of aryl methyl sites for hydroxylation is 1. The van der Waals surface area contributed by atoms with Crippen molar-refractivity contribution in [2.75, 3.05) is 25.5 Å². The second-order valence-corrected chi connectivity index (χ2v) is 9.11. The highest BCUT2D eigenvalue weighted by Gasteiger charge is 2.43. The Labute approximate surface area is 192 Å². The monoisotopic (exact) mass is 444 g/mol. The van der Waals surface area contributed by atoms with Crippen molar-refractivity contribution < 1.29 is 14.0 Å². The van der Waals surface area contributed by atoms with Gasteiger partial charge in [-0.25, -0.2) is 4.98 Å². The second kappa shape index (κ2) is 8.48. The van der Waals surface area contributed by atoms with Crippen molar-refractivity contribution >= 4 is 34.7 Å². The Bertz CT molecular complexity index is 1250. The second-order valence-electron chi connectivity index (χ2n) is 9.11. The van der Waals surface area contributed by atoms with Gasteiger partial charge in [0.15, 0.2) is 0 Å². The Kier molecular flexibility index (Phi) is 5.50. The first kappa shape index (κ1) is 21.4. The summed E-state index contributed by atoms with van der Waals surface area (Å²) in [7, 11) is 1.76. The SMILES string of the molecule is Cc1c(CN(C)C(=O)/C=C/c2cnc3c(c2)CC2(CCNCC2)C(=O)N3)oc2ccccc12. The number of benzene rings is 1. The van der Waals surface area contributed by atoms with Gasteiger partial charge in [-0.2, -0.15) is 0 Å². The number of amides is 2. The molecular weight excluding hydrogens is 416 g/mol. The molecule has 1 fully saturated rings. The van der Waals surface area contributed by atoms with E-state index in [2.05, 4.69) is 15.6 Å². The van der Waals surface area contributed by atoms with E-state index in [9.17, 15) is 9.59 Å². The number of nitrogens with zero attached hydrogens (tertiary/aromatic N) is 2. The molecule has 7 nitrogen and oxygen atoms in total. The number of pyridine rings is 1. The van der Waals surface area contributed by atoms with Crippen LogP contribution in [0.4, 0.5) is 5.82 Å². The summed E-state index contributed by atoms with van der Waals surface area (Å²) in [4.78, 5) is 31.5. The van der Waals surface area contributed by atoms with Gasteiger partial charge in [0, 0.05) is 30.3 Å². The molecule has 0 bridgehead atoms. The number of fused-ring (bicyclic) bond motifs is 2. The van der Waals surface area contributed by atoms with Gasteiger partial charge in [0.05, 0.1) is 12.0 Å². The number of furan rings is 1. The van der Waals surface area contributed by atoms with E-state index in [1.165, 1.54) is 0 Å². The molecule has 2 aliphatic heterocycles. The summed E-state index contributed by atoms with van der Waals surface area (Å²) >= 11 is 0. The summed E-state index contributed by atoms with van der Waals surface area (Å²) in [5.41, 5.74) is 3.40. The molecule has 0 radical (unpaired) electrons. The molecule has 3 aromatic rings. The van der Waals surface area contributed by atoms with Gasteiger partial charge in [0.2, 0.25) is 11.8 Å². The molecule has 1 saturated heterocycles. The van der Waals surface area contributed by atoms with E-state index in [4.69, 9.17) is 4.42 Å². The maximum Gasteiger partial charge on any atom is 0.246 e. The highest BCUT2D eigenvalue weighted by atomic mass is 16.3. The lowest BCUT2D eigenvalue weighted by atomic mass is 9.71. The fourth-order valence-corrected chi connectivity index (χ4v) is 4.83. The minimum Gasteiger partial charge on any atom is -0.459 e. The predicted octanol–water partition coefficient (Wildman–Crippen LogP) is 3.67. The zero-order valence-electron chi connectivity index (χ0n) is 19.0. The van der Waals surface area contributed by atoms with Crippen molar-refractivity contribution in [2.24, 2.45) is 5.41 Å². The lowest BCUT2D eigenvalue weighted by Gasteiger charge is -2.39. The van der Waals surface area contributed by atoms with E-state index in [1.807, 2.05) is 37.3 Å². The standard InChI is InChI=1S/C26H28N4O3/c1-17-20-5-3-4-6-21(20)33-22(17)16-30(2)23(31)8-7-18-13-19-14-26(9-11-27-12-10-26)25(32)29-24(19)28-15-18/h3-8,13,15,27H,9-12,14,16H2,1-2H3,(H,28,29,32)/b8-7+. The van der Waals surface area contributed by atoms with Crippen LogP contribution in [0.5, 0.6) is 0 Å². The number of carbonyl (C=O) groups is 2. The molecular formula is C26H28N4O3. The van der Waals surface area contributed by atoms with E-state index in [0.29, 0.717) is 18.8 Å². The zero-order valence-corrected chi connectivity index (χ0v) is 19.0. The lowest BCUT2D eigenvalue weighted by Crippen LogP contribution is -2.48. The first-order valence-electron chi connectivity index (χ1n) is 11.4. The normalized spacial score (nSPS) is 17.3. The van der Waals surface area contributed by atoms with E-state index < -0.39 is 0 Å². The largest absolute Gasteiger partial charge is 0.459 e. The number of hydrogen-bond acceptors (Lipinski definition) is 5. The number of piperidine rings is 1. The van der Waals surface area contributed by atoms with Gasteiger partial charge in [0.1, 0.15) is 17.2 Å². The number of rotatable bonds is 4. The highest BCUT2D eigenvalue weighted by molar-refractivity contribution is 5.98. The number of likely N-dealkylation sites (N-methyl/N-ethyl adjacent to an activating group) is 1. The fourth-order valence-electron chi connectivity index (χ4n) is 4.83. The minimum atomic E-state index is -0.358. The third kappa shape index (κ3) is 4.04. The Hall–Kier alpha value is -3.45. The average Bonchev–Trinajstić information content (AvgIpc) is 3.14. The maximum atomic E-state index is 12.7. The van der Waals surface area contributed by atoms with Gasteiger partial charge in [-0.3, -0.25) is 9.59 Å². The summed E-state index contributed by atoms with van der Waals surface area (Å²) in [6.45, 7) is 4.11. The molecule has 1 spiro atoms. The quantitative estimate of drug-likeness (QED) is 0.600. The van der Waals surface area contributed by atoms with Gasteiger partial charge in [-0.05, 0) is 68.6 Å². The maximum absolute atomic E-state index is 12.7. The van der Waals surface area contributed by atoms with Crippen molar-refractivity contribution in [1.29, 1.82) is 0 Å². The molecule has 2 aromatic heterocycles. The Morgan fingerprint density at radius 1 is 1.27 bits per heavy atom. The molecule has 0 saturated carbocycles. The summed E-state index contributed by atoms with van der Waals surface area (Å²) < 4.78 is 5.94. The van der Waals surface area contributed by atoms with Crippen LogP contribution in [0, 0.1) is 12.3 Å². The predicted molar refractivity (Wildman–Crippen MR) is 128 cm³/mol. The molecule has 4 heterocycles. The molecule has 5 rings (SSSR count). The Morgan fingerprint density at radius 3 is 2.85 bits per heavy atom. The van der Waals surface area contributed by atoms with Gasteiger partial charge in [-0.1, -0.05) is 18.2 Å². The third-order valence-corrected chi connectivity index (χ3v) is 6.91. The summed E-state index contributed by atoms with van der Waals surface area (Å²) in [5, 5.41) is 7.39. The smallest absolute Gasteiger partial charge is 0.246 e. The van der Waals surface area contributed by atoms with E-state index >= 15 is 0 Å². The van der Waals surface area contributed by atoms with Crippen LogP contribution in [0.15, 0.2) is 47.0 Å². The molecule has 2 amide bonds. The molecule has 170 valence electrons. The van der Waals surface area contributed by atoms with Crippen LogP contribution in [0.3, 0.4) is 0 Å². The molecule has 2 N–H and O–H groups in total. The van der Waals surface area contributed by atoms with Crippen molar-refractivity contribution in [3.63, 3.8) is 0 Å². The fraction of sp³-hybridized carbons (Fsp3) is 0.346. The van der Waals surface area contributed by atoms with Gasteiger partial charge >= 0.3 is 0 Å².